The molecule has 0 unspecified atom stereocenters. The van der Waals surface area contributed by atoms with Crippen LogP contribution >= 0.6 is 23.2 Å². The average molecular weight is 359 g/mol. The van der Waals surface area contributed by atoms with Crippen LogP contribution in [0, 0.1) is 5.92 Å². The third-order valence-electron chi connectivity index (χ3n) is 3.85. The summed E-state index contributed by atoms with van der Waals surface area (Å²) in [5.41, 5.74) is 0.633. The molecule has 1 aromatic carbocycles. The lowest BCUT2D eigenvalue weighted by Crippen LogP contribution is -2.43. The van der Waals surface area contributed by atoms with Gasteiger partial charge >= 0.3 is 5.97 Å². The molecule has 1 heterocycles. The van der Waals surface area contributed by atoms with Crippen molar-refractivity contribution in [3.63, 3.8) is 0 Å². The molecule has 23 heavy (non-hydrogen) atoms. The fraction of sp³-hybridized carbons (Fsp3) is 0.500. The van der Waals surface area contributed by atoms with Gasteiger partial charge in [0.2, 0.25) is 5.91 Å². The molecule has 2 rings (SSSR count). The summed E-state index contributed by atoms with van der Waals surface area (Å²) in [6.07, 6.45) is 1.28. The Morgan fingerprint density at radius 2 is 2.00 bits per heavy atom. The molecule has 5 nitrogen and oxygen atoms in total. The highest BCUT2D eigenvalue weighted by Crippen LogP contribution is 2.29. The SMILES string of the molecule is CCOC(=O)C1CCN(C(=O)CNc2cccc(Cl)c2Cl)CC1. The van der Waals surface area contributed by atoms with E-state index in [1.54, 1.807) is 30.0 Å². The molecule has 1 aliphatic heterocycles. The minimum Gasteiger partial charge on any atom is -0.466 e. The minimum atomic E-state index is -0.163. The van der Waals surface area contributed by atoms with Gasteiger partial charge in [0.15, 0.2) is 0 Å². The number of anilines is 1. The molecule has 0 aromatic heterocycles. The number of piperidine rings is 1. The average Bonchev–Trinajstić information content (AvgIpc) is 2.56. The highest BCUT2D eigenvalue weighted by molar-refractivity contribution is 6.43. The van der Waals surface area contributed by atoms with E-state index in [0.717, 1.165) is 0 Å². The van der Waals surface area contributed by atoms with Crippen LogP contribution in [0.3, 0.4) is 0 Å². The number of hydrogen-bond donors (Lipinski definition) is 1. The van der Waals surface area contributed by atoms with E-state index in [9.17, 15) is 9.59 Å². The lowest BCUT2D eigenvalue weighted by molar-refractivity contribution is -0.151. The maximum Gasteiger partial charge on any atom is 0.309 e. The summed E-state index contributed by atoms with van der Waals surface area (Å²) in [4.78, 5) is 25.7. The van der Waals surface area contributed by atoms with Gasteiger partial charge in [-0.15, -0.1) is 0 Å². The van der Waals surface area contributed by atoms with Crippen LogP contribution in [-0.2, 0) is 14.3 Å². The van der Waals surface area contributed by atoms with Gasteiger partial charge in [-0.2, -0.15) is 0 Å². The number of nitrogens with zero attached hydrogens (tertiary/aromatic N) is 1. The smallest absolute Gasteiger partial charge is 0.309 e. The normalized spacial score (nSPS) is 15.3. The van der Waals surface area contributed by atoms with Crippen molar-refractivity contribution in [2.24, 2.45) is 5.92 Å². The first-order valence-corrected chi connectivity index (χ1v) is 8.40. The Bertz CT molecular complexity index is 572. The first kappa shape index (κ1) is 17.9. The number of benzene rings is 1. The van der Waals surface area contributed by atoms with Crippen molar-refractivity contribution in [3.05, 3.63) is 28.2 Å². The fourth-order valence-corrected chi connectivity index (χ4v) is 2.92. The lowest BCUT2D eigenvalue weighted by atomic mass is 9.97. The summed E-state index contributed by atoms with van der Waals surface area (Å²) in [6.45, 7) is 3.45. The van der Waals surface area contributed by atoms with Crippen LogP contribution in [0.15, 0.2) is 18.2 Å². The van der Waals surface area contributed by atoms with E-state index in [4.69, 9.17) is 27.9 Å². The summed E-state index contributed by atoms with van der Waals surface area (Å²) < 4.78 is 5.02. The van der Waals surface area contributed by atoms with Crippen LogP contribution in [0.4, 0.5) is 5.69 Å². The molecular weight excluding hydrogens is 339 g/mol. The van der Waals surface area contributed by atoms with Crippen LogP contribution in [0.2, 0.25) is 10.0 Å². The highest BCUT2D eigenvalue weighted by Gasteiger charge is 2.28. The molecular formula is C16H20Cl2N2O3. The molecule has 1 N–H and O–H groups in total. The third kappa shape index (κ3) is 4.75. The maximum atomic E-state index is 12.2. The van der Waals surface area contributed by atoms with E-state index in [0.29, 0.717) is 48.3 Å². The molecule has 1 amide bonds. The fourth-order valence-electron chi connectivity index (χ4n) is 2.55. The number of nitrogens with one attached hydrogen (secondary N) is 1. The van der Waals surface area contributed by atoms with Gasteiger partial charge in [-0.25, -0.2) is 0 Å². The number of esters is 1. The van der Waals surface area contributed by atoms with E-state index in [1.165, 1.54) is 0 Å². The maximum absolute atomic E-state index is 12.2. The summed E-state index contributed by atoms with van der Waals surface area (Å²) in [5.74, 6) is -0.291. The molecule has 126 valence electrons. The number of rotatable bonds is 5. The van der Waals surface area contributed by atoms with E-state index >= 15 is 0 Å². The van der Waals surface area contributed by atoms with E-state index in [-0.39, 0.29) is 24.3 Å². The number of carbonyl (C=O) groups excluding carboxylic acids is 2. The zero-order chi connectivity index (χ0) is 16.8. The number of hydrogen-bond acceptors (Lipinski definition) is 4. The molecule has 0 spiro atoms. The van der Waals surface area contributed by atoms with Gasteiger partial charge in [-0.1, -0.05) is 29.3 Å². The zero-order valence-electron chi connectivity index (χ0n) is 13.0. The molecule has 1 aromatic rings. The van der Waals surface area contributed by atoms with Crippen LogP contribution in [0.5, 0.6) is 0 Å². The Morgan fingerprint density at radius 3 is 2.65 bits per heavy atom. The van der Waals surface area contributed by atoms with Crippen LogP contribution < -0.4 is 5.32 Å². The van der Waals surface area contributed by atoms with Crippen molar-refractivity contribution in [1.29, 1.82) is 0 Å². The Kier molecular flexibility index (Phi) is 6.54. The lowest BCUT2D eigenvalue weighted by Gasteiger charge is -2.31. The van der Waals surface area contributed by atoms with E-state index < -0.39 is 0 Å². The van der Waals surface area contributed by atoms with Gasteiger partial charge < -0.3 is 15.0 Å². The van der Waals surface area contributed by atoms with Crippen molar-refractivity contribution in [3.8, 4) is 0 Å². The number of amides is 1. The van der Waals surface area contributed by atoms with Gasteiger partial charge in [0.25, 0.3) is 0 Å². The van der Waals surface area contributed by atoms with E-state index in [2.05, 4.69) is 5.32 Å². The summed E-state index contributed by atoms with van der Waals surface area (Å²) in [7, 11) is 0. The van der Waals surface area contributed by atoms with Crippen molar-refractivity contribution < 1.29 is 14.3 Å². The molecule has 1 aliphatic rings. The van der Waals surface area contributed by atoms with Crippen molar-refractivity contribution >= 4 is 40.8 Å². The number of carbonyl (C=O) groups is 2. The van der Waals surface area contributed by atoms with Crippen LogP contribution in [0.25, 0.3) is 0 Å². The number of ether oxygens (including phenoxy) is 1. The molecule has 0 bridgehead atoms. The van der Waals surface area contributed by atoms with Crippen molar-refractivity contribution in [1.82, 2.24) is 4.90 Å². The Hall–Kier alpha value is -1.46. The second-order valence-corrected chi connectivity index (χ2v) is 6.15. The Balaban J connectivity index is 1.81. The molecule has 0 atom stereocenters. The largest absolute Gasteiger partial charge is 0.466 e. The number of likely N-dealkylation sites (tertiary alicyclic amines) is 1. The summed E-state index contributed by atoms with van der Waals surface area (Å²) in [5, 5.41) is 3.86. The predicted octanol–water partition coefficient (Wildman–Crippen LogP) is 3.21. The van der Waals surface area contributed by atoms with Gasteiger partial charge in [0.1, 0.15) is 0 Å². The number of halogens is 2. The van der Waals surface area contributed by atoms with Crippen molar-refractivity contribution in [2.75, 3.05) is 31.6 Å². The van der Waals surface area contributed by atoms with Gasteiger partial charge in [0.05, 0.1) is 34.8 Å². The highest BCUT2D eigenvalue weighted by atomic mass is 35.5. The predicted molar refractivity (Wildman–Crippen MR) is 90.9 cm³/mol. The van der Waals surface area contributed by atoms with E-state index in [1.807, 2.05) is 0 Å². The second-order valence-electron chi connectivity index (χ2n) is 5.36. The monoisotopic (exact) mass is 358 g/mol. The quantitative estimate of drug-likeness (QED) is 0.821. The third-order valence-corrected chi connectivity index (χ3v) is 4.67. The van der Waals surface area contributed by atoms with Gasteiger partial charge in [0, 0.05) is 13.1 Å². The minimum absolute atomic E-state index is 0.0247. The van der Waals surface area contributed by atoms with Crippen LogP contribution in [-0.4, -0.2) is 43.0 Å². The first-order valence-electron chi connectivity index (χ1n) is 7.65. The van der Waals surface area contributed by atoms with Gasteiger partial charge in [-0.3, -0.25) is 9.59 Å². The molecule has 7 heteroatoms. The van der Waals surface area contributed by atoms with Crippen molar-refractivity contribution in [2.45, 2.75) is 19.8 Å². The standard InChI is InChI=1S/C16H20Cl2N2O3/c1-2-23-16(22)11-6-8-20(9-7-11)14(21)10-19-13-5-3-4-12(17)15(13)18/h3-5,11,19H,2,6-10H2,1H3. The molecule has 0 aliphatic carbocycles. The first-order chi connectivity index (χ1) is 11.0. The van der Waals surface area contributed by atoms with Crippen LogP contribution in [0.1, 0.15) is 19.8 Å². The molecule has 1 fully saturated rings. The topological polar surface area (TPSA) is 58.6 Å². The molecule has 0 radical (unpaired) electrons. The zero-order valence-corrected chi connectivity index (χ0v) is 14.5. The second kappa shape index (κ2) is 8.41. The summed E-state index contributed by atoms with van der Waals surface area (Å²) >= 11 is 12.0. The summed E-state index contributed by atoms with van der Waals surface area (Å²) in [6, 6.07) is 5.23. The van der Waals surface area contributed by atoms with Gasteiger partial charge in [-0.05, 0) is 31.9 Å². The Labute approximate surface area is 145 Å². The Morgan fingerprint density at radius 1 is 1.30 bits per heavy atom. The molecule has 1 saturated heterocycles. The molecule has 0 saturated carbocycles.